The first kappa shape index (κ1) is 21.9. The van der Waals surface area contributed by atoms with Gasteiger partial charge in [0, 0.05) is 24.5 Å². The predicted molar refractivity (Wildman–Crippen MR) is 105 cm³/mol. The van der Waals surface area contributed by atoms with Crippen molar-refractivity contribution in [1.29, 1.82) is 0 Å². The number of ether oxygens (including phenoxy) is 5. The fourth-order valence-corrected chi connectivity index (χ4v) is 3.16. The van der Waals surface area contributed by atoms with Crippen molar-refractivity contribution in [3.8, 4) is 28.7 Å². The Balaban J connectivity index is 2.64. The molecule has 0 aliphatic rings. The maximum Gasteiger partial charge on any atom is 0.339 e. The summed E-state index contributed by atoms with van der Waals surface area (Å²) in [6, 6.07) is 4.57. The van der Waals surface area contributed by atoms with Gasteiger partial charge in [0.25, 0.3) is 0 Å². The molecule has 0 unspecified atom stereocenters. The molecular weight excluding hydrogens is 380 g/mol. The number of methoxy groups -OCH3 is 4. The van der Waals surface area contributed by atoms with Crippen LogP contribution in [0, 0.1) is 6.92 Å². The van der Waals surface area contributed by atoms with Crippen LogP contribution in [0.5, 0.6) is 28.7 Å². The standard InChI is InChI=1S/C21H24O8/c1-11-15(18(26-4)20(28-6)19(27-5)17(11)25-3)9-13-7-8-14(21(23)24)16(10-13)29-12(2)22/h7-8,10H,9H2,1-6H3,(H,23,24). The molecule has 2 aromatic rings. The van der Waals surface area contributed by atoms with Crippen molar-refractivity contribution in [1.82, 2.24) is 0 Å². The summed E-state index contributed by atoms with van der Waals surface area (Å²) in [5.74, 6) is -0.0432. The minimum absolute atomic E-state index is 0.0217. The summed E-state index contributed by atoms with van der Waals surface area (Å²) in [6.07, 6.45) is 0.347. The van der Waals surface area contributed by atoms with Gasteiger partial charge in [-0.1, -0.05) is 6.07 Å². The minimum Gasteiger partial charge on any atom is -0.492 e. The van der Waals surface area contributed by atoms with Gasteiger partial charge in [0.15, 0.2) is 11.5 Å². The fraction of sp³-hybridized carbons (Fsp3) is 0.333. The van der Waals surface area contributed by atoms with E-state index in [0.29, 0.717) is 35.0 Å². The van der Waals surface area contributed by atoms with Crippen LogP contribution in [0.25, 0.3) is 0 Å². The smallest absolute Gasteiger partial charge is 0.339 e. The zero-order chi connectivity index (χ0) is 21.7. The van der Waals surface area contributed by atoms with E-state index >= 15 is 0 Å². The molecule has 0 bridgehead atoms. The first-order chi connectivity index (χ1) is 13.8. The van der Waals surface area contributed by atoms with Crippen LogP contribution in [0.4, 0.5) is 0 Å². The highest BCUT2D eigenvalue weighted by atomic mass is 16.5. The van der Waals surface area contributed by atoms with Crippen molar-refractivity contribution >= 4 is 11.9 Å². The molecule has 0 saturated heterocycles. The molecule has 8 heteroatoms. The van der Waals surface area contributed by atoms with E-state index in [1.165, 1.54) is 47.5 Å². The molecule has 0 aliphatic heterocycles. The van der Waals surface area contributed by atoms with Crippen molar-refractivity contribution in [2.75, 3.05) is 28.4 Å². The Labute approximate surface area is 168 Å². The van der Waals surface area contributed by atoms with Gasteiger partial charge in [-0.2, -0.15) is 0 Å². The Bertz CT molecular complexity index is 933. The summed E-state index contributed by atoms with van der Waals surface area (Å²) in [4.78, 5) is 22.8. The Morgan fingerprint density at radius 3 is 1.93 bits per heavy atom. The average molecular weight is 404 g/mol. The Morgan fingerprint density at radius 2 is 1.45 bits per heavy atom. The number of rotatable bonds is 8. The lowest BCUT2D eigenvalue weighted by Crippen LogP contribution is -2.09. The van der Waals surface area contributed by atoms with Crippen LogP contribution in [0.3, 0.4) is 0 Å². The molecule has 2 aromatic carbocycles. The molecule has 0 aromatic heterocycles. The van der Waals surface area contributed by atoms with Gasteiger partial charge in [-0.15, -0.1) is 0 Å². The van der Waals surface area contributed by atoms with Crippen LogP contribution in [0.15, 0.2) is 18.2 Å². The summed E-state index contributed by atoms with van der Waals surface area (Å²) >= 11 is 0. The zero-order valence-electron chi connectivity index (χ0n) is 17.2. The van der Waals surface area contributed by atoms with E-state index in [1.807, 2.05) is 6.92 Å². The number of benzene rings is 2. The van der Waals surface area contributed by atoms with E-state index in [2.05, 4.69) is 0 Å². The maximum atomic E-state index is 11.4. The highest BCUT2D eigenvalue weighted by Gasteiger charge is 2.26. The van der Waals surface area contributed by atoms with Crippen LogP contribution in [0.1, 0.15) is 34.0 Å². The third kappa shape index (κ3) is 4.37. The molecule has 156 valence electrons. The number of esters is 1. The van der Waals surface area contributed by atoms with E-state index in [9.17, 15) is 14.7 Å². The van der Waals surface area contributed by atoms with E-state index in [0.717, 1.165) is 11.1 Å². The summed E-state index contributed by atoms with van der Waals surface area (Å²) in [5, 5.41) is 9.32. The molecule has 0 atom stereocenters. The lowest BCUT2D eigenvalue weighted by atomic mass is 9.96. The van der Waals surface area contributed by atoms with E-state index in [1.54, 1.807) is 6.07 Å². The Kier molecular flexibility index (Phi) is 6.93. The molecule has 0 radical (unpaired) electrons. The lowest BCUT2D eigenvalue weighted by Gasteiger charge is -2.21. The van der Waals surface area contributed by atoms with Crippen LogP contribution in [-0.2, 0) is 11.2 Å². The average Bonchev–Trinajstić information content (AvgIpc) is 2.68. The third-order valence-electron chi connectivity index (χ3n) is 4.41. The van der Waals surface area contributed by atoms with Crippen LogP contribution in [-0.4, -0.2) is 45.5 Å². The quantitative estimate of drug-likeness (QED) is 0.529. The third-order valence-corrected chi connectivity index (χ3v) is 4.41. The minimum atomic E-state index is -1.19. The molecule has 0 aliphatic carbocycles. The van der Waals surface area contributed by atoms with Crippen molar-refractivity contribution in [3.05, 3.63) is 40.5 Å². The molecule has 0 spiro atoms. The second kappa shape index (κ2) is 9.18. The summed E-state index contributed by atoms with van der Waals surface area (Å²) in [5.41, 5.74) is 2.15. The zero-order valence-corrected chi connectivity index (χ0v) is 17.2. The number of carbonyl (C=O) groups excluding carboxylic acids is 1. The first-order valence-corrected chi connectivity index (χ1v) is 8.68. The number of hydrogen-bond acceptors (Lipinski definition) is 7. The van der Waals surface area contributed by atoms with Crippen LogP contribution in [0.2, 0.25) is 0 Å². The number of hydrogen-bond donors (Lipinski definition) is 1. The lowest BCUT2D eigenvalue weighted by molar-refractivity contribution is -0.131. The molecular formula is C21H24O8. The second-order valence-corrected chi connectivity index (χ2v) is 6.14. The van der Waals surface area contributed by atoms with Gasteiger partial charge in [-0.3, -0.25) is 4.79 Å². The van der Waals surface area contributed by atoms with Gasteiger partial charge in [-0.25, -0.2) is 4.79 Å². The number of carbonyl (C=O) groups is 2. The fourth-order valence-electron chi connectivity index (χ4n) is 3.16. The van der Waals surface area contributed by atoms with Crippen molar-refractivity contribution in [3.63, 3.8) is 0 Å². The van der Waals surface area contributed by atoms with E-state index < -0.39 is 11.9 Å². The van der Waals surface area contributed by atoms with Crippen LogP contribution < -0.4 is 23.7 Å². The summed E-state index contributed by atoms with van der Waals surface area (Å²) < 4.78 is 27.1. The second-order valence-electron chi connectivity index (χ2n) is 6.14. The molecule has 29 heavy (non-hydrogen) atoms. The van der Waals surface area contributed by atoms with Gasteiger partial charge < -0.3 is 28.8 Å². The number of carboxylic acid groups (broad SMARTS) is 1. The highest BCUT2D eigenvalue weighted by molar-refractivity contribution is 5.92. The van der Waals surface area contributed by atoms with Gasteiger partial charge in [0.2, 0.25) is 11.5 Å². The van der Waals surface area contributed by atoms with Gasteiger partial charge in [-0.05, 0) is 24.6 Å². The Morgan fingerprint density at radius 1 is 0.897 bits per heavy atom. The van der Waals surface area contributed by atoms with E-state index in [4.69, 9.17) is 23.7 Å². The molecule has 2 rings (SSSR count). The normalized spacial score (nSPS) is 10.3. The Hall–Kier alpha value is -3.42. The predicted octanol–water partition coefficient (Wildman–Crippen LogP) is 3.24. The van der Waals surface area contributed by atoms with Crippen molar-refractivity contribution < 1.29 is 38.4 Å². The number of carboxylic acids is 1. The van der Waals surface area contributed by atoms with Gasteiger partial charge in [0.05, 0.1) is 28.4 Å². The summed E-state index contributed by atoms with van der Waals surface area (Å²) in [6.45, 7) is 3.07. The topological polar surface area (TPSA) is 101 Å². The maximum absolute atomic E-state index is 11.4. The monoisotopic (exact) mass is 404 g/mol. The molecule has 0 heterocycles. The van der Waals surface area contributed by atoms with Crippen LogP contribution >= 0.6 is 0 Å². The highest BCUT2D eigenvalue weighted by Crippen LogP contribution is 2.49. The number of aromatic carboxylic acids is 1. The molecule has 1 N–H and O–H groups in total. The SMILES string of the molecule is COc1c(C)c(Cc2ccc(C(=O)O)c(OC(C)=O)c2)c(OC)c(OC)c1OC. The largest absolute Gasteiger partial charge is 0.492 e. The first-order valence-electron chi connectivity index (χ1n) is 8.68. The molecule has 8 nitrogen and oxygen atoms in total. The summed E-state index contributed by atoms with van der Waals surface area (Å²) in [7, 11) is 6.06. The van der Waals surface area contributed by atoms with Crippen molar-refractivity contribution in [2.24, 2.45) is 0 Å². The van der Waals surface area contributed by atoms with Gasteiger partial charge >= 0.3 is 11.9 Å². The van der Waals surface area contributed by atoms with Crippen molar-refractivity contribution in [2.45, 2.75) is 20.3 Å². The molecule has 0 saturated carbocycles. The molecule has 0 fully saturated rings. The molecule has 0 amide bonds. The van der Waals surface area contributed by atoms with E-state index in [-0.39, 0.29) is 11.3 Å². The van der Waals surface area contributed by atoms with Gasteiger partial charge in [0.1, 0.15) is 11.3 Å².